The number of rotatable bonds is 3. The van der Waals surface area contributed by atoms with Crippen molar-refractivity contribution >= 4 is 11.7 Å². The molecular formula is C12H20N6O. The SMILES string of the molecule is CCC1CN(c2nnccc2/C(N)=N/O)CCN1C. The van der Waals surface area contributed by atoms with Gasteiger partial charge in [0.05, 0.1) is 11.8 Å². The molecule has 1 atom stereocenters. The van der Waals surface area contributed by atoms with Crippen molar-refractivity contribution in [1.82, 2.24) is 15.1 Å². The first-order valence-corrected chi connectivity index (χ1v) is 6.42. The van der Waals surface area contributed by atoms with Gasteiger partial charge in [-0.2, -0.15) is 5.10 Å². The molecular weight excluding hydrogens is 244 g/mol. The van der Waals surface area contributed by atoms with Gasteiger partial charge in [0.25, 0.3) is 0 Å². The Hall–Kier alpha value is -1.89. The largest absolute Gasteiger partial charge is 0.409 e. The van der Waals surface area contributed by atoms with Gasteiger partial charge < -0.3 is 15.8 Å². The summed E-state index contributed by atoms with van der Waals surface area (Å²) in [5, 5.41) is 20.0. The highest BCUT2D eigenvalue weighted by Crippen LogP contribution is 2.20. The number of aromatic nitrogens is 2. The highest BCUT2D eigenvalue weighted by Gasteiger charge is 2.26. The van der Waals surface area contributed by atoms with Crippen LogP contribution in [0.2, 0.25) is 0 Å². The molecule has 19 heavy (non-hydrogen) atoms. The van der Waals surface area contributed by atoms with Gasteiger partial charge in [0, 0.05) is 25.7 Å². The predicted molar refractivity (Wildman–Crippen MR) is 73.5 cm³/mol. The number of oxime groups is 1. The highest BCUT2D eigenvalue weighted by molar-refractivity contribution is 6.01. The Morgan fingerprint density at radius 1 is 1.58 bits per heavy atom. The fourth-order valence-electron chi connectivity index (χ4n) is 2.39. The molecule has 0 amide bonds. The first-order valence-electron chi connectivity index (χ1n) is 6.42. The molecule has 1 fully saturated rings. The molecule has 2 heterocycles. The molecule has 0 bridgehead atoms. The monoisotopic (exact) mass is 264 g/mol. The van der Waals surface area contributed by atoms with Gasteiger partial charge in [-0.1, -0.05) is 12.1 Å². The van der Waals surface area contributed by atoms with Gasteiger partial charge in [0.15, 0.2) is 11.7 Å². The van der Waals surface area contributed by atoms with Gasteiger partial charge in [-0.3, -0.25) is 4.90 Å². The molecule has 1 aromatic rings. The third kappa shape index (κ3) is 2.76. The molecule has 2 rings (SSSR count). The fraction of sp³-hybridized carbons (Fsp3) is 0.583. The average Bonchev–Trinajstić information content (AvgIpc) is 2.47. The number of hydrogen-bond acceptors (Lipinski definition) is 6. The first-order chi connectivity index (χ1) is 9.17. The Balaban J connectivity index is 2.27. The van der Waals surface area contributed by atoms with Crippen LogP contribution in [0.25, 0.3) is 0 Å². The molecule has 0 aliphatic carbocycles. The van der Waals surface area contributed by atoms with Gasteiger partial charge in [-0.15, -0.1) is 5.10 Å². The predicted octanol–water partition coefficient (Wildman–Crippen LogP) is 0.102. The second-order valence-corrected chi connectivity index (χ2v) is 4.74. The van der Waals surface area contributed by atoms with Crippen molar-refractivity contribution in [3.05, 3.63) is 17.8 Å². The van der Waals surface area contributed by atoms with E-state index >= 15 is 0 Å². The highest BCUT2D eigenvalue weighted by atomic mass is 16.4. The zero-order valence-electron chi connectivity index (χ0n) is 11.3. The van der Waals surface area contributed by atoms with Crippen molar-refractivity contribution in [2.75, 3.05) is 31.6 Å². The summed E-state index contributed by atoms with van der Waals surface area (Å²) in [6, 6.07) is 2.20. The summed E-state index contributed by atoms with van der Waals surface area (Å²) in [6.07, 6.45) is 2.62. The first kappa shape index (κ1) is 13.5. The van der Waals surface area contributed by atoms with Crippen LogP contribution in [0, 0.1) is 0 Å². The van der Waals surface area contributed by atoms with E-state index in [9.17, 15) is 0 Å². The zero-order chi connectivity index (χ0) is 13.8. The van der Waals surface area contributed by atoms with Crippen molar-refractivity contribution < 1.29 is 5.21 Å². The van der Waals surface area contributed by atoms with Crippen LogP contribution in [0.1, 0.15) is 18.9 Å². The van der Waals surface area contributed by atoms with E-state index in [-0.39, 0.29) is 5.84 Å². The minimum absolute atomic E-state index is 0.0666. The third-order valence-electron chi connectivity index (χ3n) is 3.63. The van der Waals surface area contributed by atoms with E-state index in [1.165, 1.54) is 0 Å². The maximum Gasteiger partial charge on any atom is 0.173 e. The molecule has 104 valence electrons. The second kappa shape index (κ2) is 5.83. The summed E-state index contributed by atoms with van der Waals surface area (Å²) in [6.45, 7) is 4.87. The Morgan fingerprint density at radius 3 is 3.05 bits per heavy atom. The molecule has 1 aromatic heterocycles. The number of piperazine rings is 1. The number of anilines is 1. The molecule has 7 nitrogen and oxygen atoms in total. The molecule has 1 unspecified atom stereocenters. The smallest absolute Gasteiger partial charge is 0.173 e. The van der Waals surface area contributed by atoms with Crippen LogP contribution >= 0.6 is 0 Å². The van der Waals surface area contributed by atoms with Crippen LogP contribution < -0.4 is 10.6 Å². The lowest BCUT2D eigenvalue weighted by Crippen LogP contribution is -2.52. The van der Waals surface area contributed by atoms with E-state index in [2.05, 4.69) is 39.1 Å². The molecule has 3 N–H and O–H groups in total. The molecule has 1 aliphatic heterocycles. The zero-order valence-corrected chi connectivity index (χ0v) is 11.3. The van der Waals surface area contributed by atoms with Gasteiger partial charge in [-0.25, -0.2) is 0 Å². The van der Waals surface area contributed by atoms with E-state index in [4.69, 9.17) is 10.9 Å². The molecule has 0 saturated carbocycles. The summed E-state index contributed by atoms with van der Waals surface area (Å²) in [4.78, 5) is 4.49. The van der Waals surface area contributed by atoms with Crippen LogP contribution in [-0.2, 0) is 0 Å². The van der Waals surface area contributed by atoms with E-state index < -0.39 is 0 Å². The van der Waals surface area contributed by atoms with Gasteiger partial charge >= 0.3 is 0 Å². The maximum atomic E-state index is 8.84. The van der Waals surface area contributed by atoms with Crippen molar-refractivity contribution in [3.63, 3.8) is 0 Å². The second-order valence-electron chi connectivity index (χ2n) is 4.74. The van der Waals surface area contributed by atoms with Crippen LogP contribution in [0.4, 0.5) is 5.82 Å². The summed E-state index contributed by atoms with van der Waals surface area (Å²) in [5.74, 6) is 0.751. The Bertz CT molecular complexity index is 463. The van der Waals surface area contributed by atoms with Gasteiger partial charge in [0.2, 0.25) is 0 Å². The molecule has 1 aliphatic rings. The molecule has 1 saturated heterocycles. The third-order valence-corrected chi connectivity index (χ3v) is 3.63. The lowest BCUT2D eigenvalue weighted by Gasteiger charge is -2.39. The molecule has 0 aromatic carbocycles. The quantitative estimate of drug-likeness (QED) is 0.348. The number of hydrogen-bond donors (Lipinski definition) is 2. The Kier molecular flexibility index (Phi) is 4.16. The summed E-state index contributed by atoms with van der Waals surface area (Å²) in [5.41, 5.74) is 6.31. The van der Waals surface area contributed by atoms with E-state index in [0.29, 0.717) is 17.4 Å². The Morgan fingerprint density at radius 2 is 2.37 bits per heavy atom. The number of nitrogens with two attached hydrogens (primary N) is 1. The Labute approximate surface area is 112 Å². The van der Waals surface area contributed by atoms with E-state index in [1.807, 2.05) is 0 Å². The topological polar surface area (TPSA) is 90.9 Å². The maximum absolute atomic E-state index is 8.84. The van der Waals surface area contributed by atoms with Gasteiger partial charge in [-0.05, 0) is 19.5 Å². The minimum Gasteiger partial charge on any atom is -0.409 e. The van der Waals surface area contributed by atoms with Crippen LogP contribution in [0.3, 0.4) is 0 Å². The molecule has 0 spiro atoms. The van der Waals surface area contributed by atoms with Crippen LogP contribution in [0.15, 0.2) is 17.4 Å². The number of amidine groups is 1. The number of likely N-dealkylation sites (N-methyl/N-ethyl adjacent to an activating group) is 1. The van der Waals surface area contributed by atoms with Crippen LogP contribution in [0.5, 0.6) is 0 Å². The van der Waals surface area contributed by atoms with Gasteiger partial charge in [0.1, 0.15) is 0 Å². The summed E-state index contributed by atoms with van der Waals surface area (Å²) >= 11 is 0. The normalized spacial score (nSPS) is 21.7. The number of nitrogens with zero attached hydrogens (tertiary/aromatic N) is 5. The van der Waals surface area contributed by atoms with Crippen molar-refractivity contribution in [2.45, 2.75) is 19.4 Å². The summed E-state index contributed by atoms with van der Waals surface area (Å²) < 4.78 is 0. The van der Waals surface area contributed by atoms with E-state index in [0.717, 1.165) is 26.1 Å². The van der Waals surface area contributed by atoms with Crippen molar-refractivity contribution in [2.24, 2.45) is 10.9 Å². The average molecular weight is 264 g/mol. The van der Waals surface area contributed by atoms with Crippen molar-refractivity contribution in [3.8, 4) is 0 Å². The molecule has 7 heteroatoms. The summed E-state index contributed by atoms with van der Waals surface area (Å²) in [7, 11) is 2.13. The van der Waals surface area contributed by atoms with Crippen molar-refractivity contribution in [1.29, 1.82) is 0 Å². The lowest BCUT2D eigenvalue weighted by atomic mass is 10.1. The molecule has 0 radical (unpaired) electrons. The fourth-order valence-corrected chi connectivity index (χ4v) is 2.39. The van der Waals surface area contributed by atoms with E-state index in [1.54, 1.807) is 12.3 Å². The van der Waals surface area contributed by atoms with Crippen LogP contribution in [-0.4, -0.2) is 58.9 Å². The lowest BCUT2D eigenvalue weighted by molar-refractivity contribution is 0.212. The standard InChI is InChI=1S/C12H20N6O/c1-3-9-8-18(7-6-17(9)2)12-10(11(13)16-19)4-5-14-15-12/h4-5,9,19H,3,6-8H2,1-2H3,(H2,13,16). The minimum atomic E-state index is 0.0666.